The maximum absolute atomic E-state index is 14.7. The third-order valence-electron chi connectivity index (χ3n) is 11.7. The first-order chi connectivity index (χ1) is 26.4. The van der Waals surface area contributed by atoms with E-state index in [2.05, 4.69) is 88.9 Å². The smallest absolute Gasteiger partial charge is 0.421 e. The summed E-state index contributed by atoms with van der Waals surface area (Å²) < 4.78 is 55.4. The molecule has 2 N–H and O–H groups in total. The van der Waals surface area contributed by atoms with Crippen LogP contribution in [0.3, 0.4) is 0 Å². The number of aromatic nitrogens is 3. The second-order valence-electron chi connectivity index (χ2n) is 17.8. The average Bonchev–Trinajstić information content (AvgIpc) is 3.70. The van der Waals surface area contributed by atoms with Crippen molar-refractivity contribution < 1.29 is 36.7 Å². The lowest BCUT2D eigenvalue weighted by Crippen LogP contribution is -2.56. The first-order valence-corrected chi connectivity index (χ1v) is 27.1. The van der Waals surface area contributed by atoms with Crippen LogP contribution in [0.1, 0.15) is 80.8 Å². The zero-order valence-corrected chi connectivity index (χ0v) is 38.8. The summed E-state index contributed by atoms with van der Waals surface area (Å²) in [6.07, 6.45) is 0.173. The van der Waals surface area contributed by atoms with E-state index >= 15 is 0 Å². The maximum atomic E-state index is 14.7. The Hall–Kier alpha value is -3.43. The standard InChI is InChI=1S/C40H63N6O8PSi2/c1-14-29(15-2)23-49-37(47)28(3)44-27-55(48,52-30-19-17-16-18-20-30)50-24-32-34(53-56(10,11)38(4,5)6)35(54-57(12,13)39(7,8)9)40(25-41,51-32)33-22-21-31-36(42)43-26-45-46(31)33/h16-22,26-29,32,34-35H,14-15,23-24H2,1-13H3,(H2,42,43,45)/t28-,32+,34?,35?,40-,55?/m0/s1. The van der Waals surface area contributed by atoms with E-state index in [1.807, 2.05) is 13.8 Å². The molecule has 0 aliphatic carbocycles. The number of nitrogens with zero attached hydrogens (tertiary/aromatic N) is 5. The highest BCUT2D eigenvalue weighted by Gasteiger charge is 2.63. The summed E-state index contributed by atoms with van der Waals surface area (Å²) in [6.45, 7) is 26.7. The number of benzene rings is 1. The number of carbonyl (C=O) groups excluding carboxylic acids is 1. The van der Waals surface area contributed by atoms with Gasteiger partial charge in [0, 0.05) is 0 Å². The van der Waals surface area contributed by atoms with Crippen LogP contribution in [0.25, 0.3) is 5.52 Å². The summed E-state index contributed by atoms with van der Waals surface area (Å²) in [7, 11) is -9.58. The van der Waals surface area contributed by atoms with Gasteiger partial charge in [-0.3, -0.25) is 9.52 Å². The molecule has 1 saturated heterocycles. The normalized spacial score (nSPS) is 22.4. The Kier molecular flexibility index (Phi) is 14.5. The topological polar surface area (TPSA) is 182 Å². The van der Waals surface area contributed by atoms with Crippen molar-refractivity contribution in [1.29, 1.82) is 5.26 Å². The molecule has 14 nitrogen and oxygen atoms in total. The largest absolute Gasteiger partial charge is 0.464 e. The SMILES string of the molecule is CCC(CC)COC(=O)[C@H](C)N=CP(=O)(OC[C@H]1O[C@@](C#N)(c2ccc3c(N)ncnn23)C(O[Si](C)(C)C(C)(C)C)C1O[Si](C)(C)C(C)(C)C)Oc1ccccc1. The number of para-hydroxylation sites is 1. The lowest BCUT2D eigenvalue weighted by molar-refractivity contribution is -0.146. The Morgan fingerprint density at radius 3 is 2.25 bits per heavy atom. The minimum atomic E-state index is -4.27. The van der Waals surface area contributed by atoms with Crippen LogP contribution in [-0.2, 0) is 37.8 Å². The van der Waals surface area contributed by atoms with Crippen molar-refractivity contribution >= 4 is 47.5 Å². The summed E-state index contributed by atoms with van der Waals surface area (Å²) >= 11 is 0. The van der Waals surface area contributed by atoms with Crippen LogP contribution < -0.4 is 10.3 Å². The van der Waals surface area contributed by atoms with Crippen LogP contribution in [0.5, 0.6) is 5.75 Å². The number of aliphatic imine (C=N–C) groups is 1. The molecule has 6 atom stereocenters. The van der Waals surface area contributed by atoms with Crippen molar-refractivity contribution in [3.8, 4) is 11.8 Å². The highest BCUT2D eigenvalue weighted by atomic mass is 31.2. The number of nitrogens with two attached hydrogens (primary N) is 1. The molecule has 0 radical (unpaired) electrons. The van der Waals surface area contributed by atoms with Crippen LogP contribution in [0.4, 0.5) is 5.82 Å². The molecule has 2 aromatic heterocycles. The predicted molar refractivity (Wildman–Crippen MR) is 227 cm³/mol. The van der Waals surface area contributed by atoms with Gasteiger partial charge in [0.25, 0.3) is 0 Å². The van der Waals surface area contributed by atoms with Gasteiger partial charge in [-0.2, -0.15) is 10.4 Å². The number of hydrogen-bond donors (Lipinski definition) is 1. The Balaban J connectivity index is 1.83. The molecule has 1 aliphatic heterocycles. The van der Waals surface area contributed by atoms with Gasteiger partial charge in [0.1, 0.15) is 54.0 Å². The van der Waals surface area contributed by atoms with Gasteiger partial charge in [0.15, 0.2) is 22.5 Å². The molecule has 1 aliphatic rings. The lowest BCUT2D eigenvalue weighted by Gasteiger charge is -2.45. The fraction of sp³-hybridized carbons (Fsp3) is 0.625. The van der Waals surface area contributed by atoms with Crippen LogP contribution in [0, 0.1) is 17.2 Å². The molecular formula is C40H63N6O8PSi2. The first kappa shape index (κ1) is 46.3. The van der Waals surface area contributed by atoms with Gasteiger partial charge in [0.05, 0.1) is 18.9 Å². The van der Waals surface area contributed by atoms with E-state index in [1.165, 1.54) is 6.33 Å². The van der Waals surface area contributed by atoms with E-state index < -0.39 is 60.2 Å². The van der Waals surface area contributed by atoms with Crippen molar-refractivity contribution in [3.63, 3.8) is 0 Å². The van der Waals surface area contributed by atoms with Gasteiger partial charge >= 0.3 is 13.6 Å². The highest BCUT2D eigenvalue weighted by Crippen LogP contribution is 2.52. The number of anilines is 1. The summed E-state index contributed by atoms with van der Waals surface area (Å²) in [5, 5.41) is 15.3. The molecule has 1 aromatic carbocycles. The van der Waals surface area contributed by atoms with Crippen molar-refractivity contribution in [2.75, 3.05) is 18.9 Å². The van der Waals surface area contributed by atoms with Gasteiger partial charge < -0.3 is 28.6 Å². The highest BCUT2D eigenvalue weighted by molar-refractivity contribution is 7.70. The maximum Gasteiger partial charge on any atom is 0.421 e. The lowest BCUT2D eigenvalue weighted by atomic mass is 9.92. The van der Waals surface area contributed by atoms with Gasteiger partial charge in [0.2, 0.25) is 5.60 Å². The van der Waals surface area contributed by atoms with Crippen molar-refractivity contribution in [1.82, 2.24) is 14.6 Å². The molecule has 3 unspecified atom stereocenters. The number of fused-ring (bicyclic) bond motifs is 1. The van der Waals surface area contributed by atoms with E-state index in [0.717, 1.165) is 18.8 Å². The zero-order valence-electron chi connectivity index (χ0n) is 35.9. The molecule has 0 amide bonds. The first-order valence-electron chi connectivity index (χ1n) is 19.7. The van der Waals surface area contributed by atoms with E-state index in [1.54, 1.807) is 53.9 Å². The Morgan fingerprint density at radius 2 is 1.67 bits per heavy atom. The molecule has 314 valence electrons. The molecule has 3 aromatic rings. The van der Waals surface area contributed by atoms with E-state index in [4.69, 9.17) is 33.1 Å². The molecule has 1 fully saturated rings. The minimum absolute atomic E-state index is 0.227. The summed E-state index contributed by atoms with van der Waals surface area (Å²) in [6, 6.07) is 13.5. The predicted octanol–water partition coefficient (Wildman–Crippen LogP) is 8.89. The molecule has 4 rings (SSSR count). The van der Waals surface area contributed by atoms with Crippen molar-refractivity contribution in [2.24, 2.45) is 10.9 Å². The second-order valence-corrected chi connectivity index (χ2v) is 29.1. The molecule has 0 bridgehead atoms. The third-order valence-corrected chi connectivity index (χ3v) is 22.0. The zero-order chi connectivity index (χ0) is 42.6. The van der Waals surface area contributed by atoms with E-state index in [0.29, 0.717) is 11.2 Å². The van der Waals surface area contributed by atoms with Crippen molar-refractivity contribution in [3.05, 3.63) is 54.5 Å². The van der Waals surface area contributed by atoms with Gasteiger partial charge in [-0.15, -0.1) is 0 Å². The third kappa shape index (κ3) is 10.4. The summed E-state index contributed by atoms with van der Waals surface area (Å²) in [5.41, 5.74) is 5.32. The number of esters is 1. The van der Waals surface area contributed by atoms with Crippen LogP contribution in [0.2, 0.25) is 36.3 Å². The van der Waals surface area contributed by atoms with Crippen LogP contribution in [0.15, 0.2) is 53.8 Å². The molecule has 3 heterocycles. The molecule has 17 heteroatoms. The Bertz CT molecular complexity index is 1950. The number of rotatable bonds is 17. The monoisotopic (exact) mass is 842 g/mol. The Labute approximate surface area is 340 Å². The van der Waals surface area contributed by atoms with Gasteiger partial charge in [-0.05, 0) is 73.4 Å². The fourth-order valence-electron chi connectivity index (χ4n) is 5.79. The van der Waals surface area contributed by atoms with E-state index in [9.17, 15) is 14.6 Å². The minimum Gasteiger partial charge on any atom is -0.464 e. The fourth-order valence-corrected chi connectivity index (χ4v) is 9.69. The number of carbonyl (C=O) groups is 1. The van der Waals surface area contributed by atoms with Gasteiger partial charge in [-0.25, -0.2) is 18.9 Å². The average molecular weight is 843 g/mol. The number of nitriles is 1. The van der Waals surface area contributed by atoms with Gasteiger partial charge in [-0.1, -0.05) is 86.4 Å². The van der Waals surface area contributed by atoms with E-state index in [-0.39, 0.29) is 40.8 Å². The van der Waals surface area contributed by atoms with Crippen LogP contribution >= 0.6 is 7.60 Å². The molecule has 0 saturated carbocycles. The van der Waals surface area contributed by atoms with Crippen LogP contribution in [-0.4, -0.2) is 80.7 Å². The number of nitrogen functional groups attached to an aromatic ring is 1. The molecule has 0 spiro atoms. The number of ether oxygens (including phenoxy) is 2. The second kappa shape index (κ2) is 17.8. The molecular weight excluding hydrogens is 780 g/mol. The molecule has 57 heavy (non-hydrogen) atoms. The van der Waals surface area contributed by atoms with Crippen molar-refractivity contribution in [2.45, 2.75) is 141 Å². The quantitative estimate of drug-likeness (QED) is 0.0591. The Morgan fingerprint density at radius 1 is 1.05 bits per heavy atom. The summed E-state index contributed by atoms with van der Waals surface area (Å²) in [4.78, 5) is 21.4. The number of hydrogen-bond acceptors (Lipinski definition) is 13. The summed E-state index contributed by atoms with van der Waals surface area (Å²) in [5.74, 6) is 1.21.